The molecule has 0 aliphatic carbocycles. The highest BCUT2D eigenvalue weighted by Crippen LogP contribution is 2.34. The molecule has 6 heteroatoms. The molecule has 2 aromatic carbocycles. The van der Waals surface area contributed by atoms with Gasteiger partial charge in [-0.2, -0.15) is 5.10 Å². The van der Waals surface area contributed by atoms with Gasteiger partial charge in [0.1, 0.15) is 12.4 Å². The number of aryl methyl sites for hydroxylation is 2. The van der Waals surface area contributed by atoms with Crippen molar-refractivity contribution in [2.24, 2.45) is 0 Å². The third-order valence-corrected chi connectivity index (χ3v) is 5.98. The van der Waals surface area contributed by atoms with Gasteiger partial charge in [-0.05, 0) is 51.3 Å². The molecule has 0 spiro atoms. The van der Waals surface area contributed by atoms with E-state index in [1.807, 2.05) is 82.3 Å². The van der Waals surface area contributed by atoms with Gasteiger partial charge in [-0.1, -0.05) is 68.3 Å². The van der Waals surface area contributed by atoms with Crippen molar-refractivity contribution in [2.75, 3.05) is 11.9 Å². The van der Waals surface area contributed by atoms with Gasteiger partial charge in [0.25, 0.3) is 0 Å². The fourth-order valence-corrected chi connectivity index (χ4v) is 4.12. The number of amides is 2. The number of hydrogen-bond donors (Lipinski definition) is 1. The van der Waals surface area contributed by atoms with E-state index in [9.17, 15) is 9.59 Å². The van der Waals surface area contributed by atoms with E-state index in [1.165, 1.54) is 0 Å². The van der Waals surface area contributed by atoms with Crippen molar-refractivity contribution in [2.45, 2.75) is 66.3 Å². The Kier molecular flexibility index (Phi) is 8.63. The summed E-state index contributed by atoms with van der Waals surface area (Å²) in [5, 5.41) is 7.89. The lowest BCUT2D eigenvalue weighted by atomic mass is 10.1. The number of carbonyl (C=O) groups is 2. The summed E-state index contributed by atoms with van der Waals surface area (Å²) in [5.74, 6) is 0.403. The lowest BCUT2D eigenvalue weighted by molar-refractivity contribution is -0.136. The van der Waals surface area contributed by atoms with E-state index in [4.69, 9.17) is 5.10 Å². The average molecular weight is 461 g/mol. The van der Waals surface area contributed by atoms with Gasteiger partial charge in [0.2, 0.25) is 11.8 Å². The zero-order chi connectivity index (χ0) is 24.7. The Morgan fingerprint density at radius 2 is 1.68 bits per heavy atom. The van der Waals surface area contributed by atoms with Crippen molar-refractivity contribution in [3.05, 3.63) is 65.9 Å². The average Bonchev–Trinajstić information content (AvgIpc) is 3.13. The van der Waals surface area contributed by atoms with Gasteiger partial charge in [-0.15, -0.1) is 0 Å². The maximum absolute atomic E-state index is 13.3. The topological polar surface area (TPSA) is 67.2 Å². The Morgan fingerprint density at radius 3 is 2.32 bits per heavy atom. The molecule has 1 heterocycles. The number of rotatable bonds is 10. The Bertz CT molecular complexity index is 1120. The lowest BCUT2D eigenvalue weighted by Crippen LogP contribution is -2.42. The van der Waals surface area contributed by atoms with Crippen molar-refractivity contribution >= 4 is 17.6 Å². The number of nitrogens with one attached hydrogen (secondary N) is 1. The van der Waals surface area contributed by atoms with E-state index in [0.717, 1.165) is 47.3 Å². The van der Waals surface area contributed by atoms with Crippen LogP contribution in [0, 0.1) is 13.8 Å². The van der Waals surface area contributed by atoms with E-state index in [2.05, 4.69) is 12.2 Å². The maximum Gasteiger partial charge on any atom is 0.245 e. The second-order valence-electron chi connectivity index (χ2n) is 8.99. The molecule has 0 aliphatic rings. The van der Waals surface area contributed by atoms with Gasteiger partial charge in [-0.3, -0.25) is 9.59 Å². The highest BCUT2D eigenvalue weighted by Gasteiger charge is 2.24. The Labute approximate surface area is 203 Å². The second-order valence-corrected chi connectivity index (χ2v) is 8.99. The molecule has 0 fully saturated rings. The summed E-state index contributed by atoms with van der Waals surface area (Å²) >= 11 is 0. The molecule has 34 heavy (non-hydrogen) atoms. The van der Waals surface area contributed by atoms with Gasteiger partial charge in [-0.25, -0.2) is 4.68 Å². The minimum Gasteiger partial charge on any atom is -0.331 e. The second kappa shape index (κ2) is 11.6. The molecule has 3 rings (SSSR count). The third-order valence-electron chi connectivity index (χ3n) is 5.98. The first-order chi connectivity index (χ1) is 16.3. The van der Waals surface area contributed by atoms with Crippen LogP contribution in [0.25, 0.3) is 16.8 Å². The molecule has 0 bridgehead atoms. The smallest absolute Gasteiger partial charge is 0.245 e. The standard InChI is InChI=1S/C28H36N4O2/c1-6-7-9-18-26(34)31(20(2)3)19-25(33)29-28-27(23-15-10-8-11-16-23)22(5)30-32(28)24-17-13-12-14-21(24)4/h8,10-17,20H,6-7,9,18-19H2,1-5H3,(H,29,33). The van der Waals surface area contributed by atoms with Crippen LogP contribution in [0.1, 0.15) is 57.7 Å². The summed E-state index contributed by atoms with van der Waals surface area (Å²) in [4.78, 5) is 27.7. The van der Waals surface area contributed by atoms with Gasteiger partial charge >= 0.3 is 0 Å². The van der Waals surface area contributed by atoms with Crippen molar-refractivity contribution in [1.82, 2.24) is 14.7 Å². The molecular weight excluding hydrogens is 424 g/mol. The molecular formula is C28H36N4O2. The van der Waals surface area contributed by atoms with Crippen molar-refractivity contribution in [3.63, 3.8) is 0 Å². The van der Waals surface area contributed by atoms with E-state index >= 15 is 0 Å². The fourth-order valence-electron chi connectivity index (χ4n) is 4.12. The van der Waals surface area contributed by atoms with Crippen molar-refractivity contribution < 1.29 is 9.59 Å². The summed E-state index contributed by atoms with van der Waals surface area (Å²) in [6.07, 6.45) is 3.38. The van der Waals surface area contributed by atoms with Crippen LogP contribution in [-0.4, -0.2) is 39.1 Å². The van der Waals surface area contributed by atoms with Crippen molar-refractivity contribution in [1.29, 1.82) is 0 Å². The van der Waals surface area contributed by atoms with Gasteiger partial charge in [0.05, 0.1) is 11.4 Å². The number of anilines is 1. The minimum atomic E-state index is -0.232. The predicted molar refractivity (Wildman–Crippen MR) is 138 cm³/mol. The number of para-hydroxylation sites is 1. The molecule has 0 aliphatic heterocycles. The summed E-state index contributed by atoms with van der Waals surface area (Å²) < 4.78 is 1.80. The Balaban J connectivity index is 1.95. The van der Waals surface area contributed by atoms with E-state index in [1.54, 1.807) is 9.58 Å². The molecule has 0 saturated heterocycles. The predicted octanol–water partition coefficient (Wildman–Crippen LogP) is 5.91. The van der Waals surface area contributed by atoms with Crippen LogP contribution >= 0.6 is 0 Å². The third kappa shape index (κ3) is 5.93. The van der Waals surface area contributed by atoms with Gasteiger partial charge in [0.15, 0.2) is 0 Å². The molecule has 0 atom stereocenters. The van der Waals surface area contributed by atoms with Gasteiger partial charge < -0.3 is 10.2 Å². The molecule has 0 radical (unpaired) electrons. The number of unbranched alkanes of at least 4 members (excludes halogenated alkanes) is 2. The lowest BCUT2D eigenvalue weighted by Gasteiger charge is -2.26. The molecule has 1 N–H and O–H groups in total. The van der Waals surface area contributed by atoms with Crippen LogP contribution in [0.15, 0.2) is 54.6 Å². The van der Waals surface area contributed by atoms with Crippen molar-refractivity contribution in [3.8, 4) is 16.8 Å². The van der Waals surface area contributed by atoms with Crippen LogP contribution in [0.5, 0.6) is 0 Å². The fraction of sp³-hybridized carbons (Fsp3) is 0.393. The molecule has 0 saturated carbocycles. The van der Waals surface area contributed by atoms with Gasteiger partial charge in [0, 0.05) is 18.0 Å². The first-order valence-electron chi connectivity index (χ1n) is 12.1. The van der Waals surface area contributed by atoms with Crippen LogP contribution in [0.2, 0.25) is 0 Å². The SMILES string of the molecule is CCCCCC(=O)N(CC(=O)Nc1c(-c2ccccc2)c(C)nn1-c1ccccc1C)C(C)C. The van der Waals surface area contributed by atoms with Crippen LogP contribution in [0.4, 0.5) is 5.82 Å². The summed E-state index contributed by atoms with van der Waals surface area (Å²) in [6.45, 7) is 9.99. The number of benzene rings is 2. The molecule has 6 nitrogen and oxygen atoms in total. The van der Waals surface area contributed by atoms with Crippen LogP contribution < -0.4 is 5.32 Å². The van der Waals surface area contributed by atoms with E-state index < -0.39 is 0 Å². The minimum absolute atomic E-state index is 0.00878. The summed E-state index contributed by atoms with van der Waals surface area (Å²) in [7, 11) is 0. The van der Waals surface area contributed by atoms with Crippen LogP contribution in [-0.2, 0) is 9.59 Å². The number of carbonyl (C=O) groups excluding carboxylic acids is 2. The summed E-state index contributed by atoms with van der Waals surface area (Å²) in [5.41, 5.74) is 4.63. The highest BCUT2D eigenvalue weighted by atomic mass is 16.2. The first kappa shape index (κ1) is 25.2. The summed E-state index contributed by atoms with van der Waals surface area (Å²) in [6, 6.07) is 17.8. The Morgan fingerprint density at radius 1 is 1.00 bits per heavy atom. The van der Waals surface area contributed by atoms with E-state index in [0.29, 0.717) is 12.2 Å². The molecule has 1 aromatic heterocycles. The zero-order valence-corrected chi connectivity index (χ0v) is 21.0. The highest BCUT2D eigenvalue weighted by molar-refractivity contribution is 5.98. The number of nitrogens with zero attached hydrogens (tertiary/aromatic N) is 3. The zero-order valence-electron chi connectivity index (χ0n) is 21.0. The molecule has 3 aromatic rings. The Hall–Kier alpha value is -3.41. The quantitative estimate of drug-likeness (QED) is 0.382. The first-order valence-corrected chi connectivity index (χ1v) is 12.1. The van der Waals surface area contributed by atoms with E-state index in [-0.39, 0.29) is 24.4 Å². The largest absolute Gasteiger partial charge is 0.331 e. The molecule has 0 unspecified atom stereocenters. The molecule has 180 valence electrons. The molecule has 2 amide bonds. The van der Waals surface area contributed by atoms with Crippen LogP contribution in [0.3, 0.4) is 0 Å². The maximum atomic E-state index is 13.3. The monoisotopic (exact) mass is 460 g/mol. The number of hydrogen-bond acceptors (Lipinski definition) is 3. The normalized spacial score (nSPS) is 11.0. The number of aromatic nitrogens is 2.